The first-order valence-electron chi connectivity index (χ1n) is 10.1. The highest BCUT2D eigenvalue weighted by Crippen LogP contribution is 2.43. The predicted molar refractivity (Wildman–Crippen MR) is 128 cm³/mol. The summed E-state index contributed by atoms with van der Waals surface area (Å²) in [6.07, 6.45) is 0.0959. The van der Waals surface area contributed by atoms with Crippen molar-refractivity contribution < 1.29 is 14.3 Å². The van der Waals surface area contributed by atoms with Crippen molar-refractivity contribution in [3.8, 4) is 28.3 Å². The zero-order valence-electron chi connectivity index (χ0n) is 17.4. The van der Waals surface area contributed by atoms with Crippen LogP contribution in [0, 0.1) is 0 Å². The fraction of sp³-hybridized carbons (Fsp3) is 0.0800. The molecule has 0 spiro atoms. The van der Waals surface area contributed by atoms with E-state index < -0.39 is 0 Å². The number of ether oxygens (including phenoxy) is 1. The summed E-state index contributed by atoms with van der Waals surface area (Å²) in [6, 6.07) is 17.7. The third kappa shape index (κ3) is 3.77. The molecule has 164 valence electrons. The molecule has 8 heteroatoms. The summed E-state index contributed by atoms with van der Waals surface area (Å²) >= 11 is 12.0. The molecule has 0 radical (unpaired) electrons. The van der Waals surface area contributed by atoms with E-state index in [0.29, 0.717) is 49.6 Å². The number of rotatable bonds is 5. The average molecular weight is 478 g/mol. The van der Waals surface area contributed by atoms with Gasteiger partial charge in [0, 0.05) is 11.1 Å². The van der Waals surface area contributed by atoms with Crippen molar-refractivity contribution in [2.45, 2.75) is 6.42 Å². The van der Waals surface area contributed by atoms with Crippen LogP contribution in [0.2, 0.25) is 10.0 Å². The van der Waals surface area contributed by atoms with E-state index in [9.17, 15) is 9.59 Å². The summed E-state index contributed by atoms with van der Waals surface area (Å²) < 4.78 is 5.21. The van der Waals surface area contributed by atoms with Crippen molar-refractivity contribution >= 4 is 40.6 Å². The van der Waals surface area contributed by atoms with Gasteiger partial charge in [-0.1, -0.05) is 41.4 Å². The molecule has 0 saturated heterocycles. The third-order valence-electron chi connectivity index (χ3n) is 5.54. The molecule has 2 N–H and O–H groups in total. The minimum atomic E-state index is -0.265. The second kappa shape index (κ2) is 8.39. The van der Waals surface area contributed by atoms with Crippen molar-refractivity contribution in [1.82, 2.24) is 10.2 Å². The number of nitrogens with one attached hydrogen (secondary N) is 2. The van der Waals surface area contributed by atoms with Gasteiger partial charge in [-0.25, -0.2) is 0 Å². The fourth-order valence-electron chi connectivity index (χ4n) is 3.98. The number of fused-ring (bicyclic) bond motifs is 3. The number of benzene rings is 3. The van der Waals surface area contributed by atoms with E-state index >= 15 is 0 Å². The van der Waals surface area contributed by atoms with Crippen LogP contribution >= 0.6 is 23.2 Å². The van der Waals surface area contributed by atoms with E-state index in [1.54, 1.807) is 37.4 Å². The van der Waals surface area contributed by atoms with E-state index in [1.165, 1.54) is 0 Å². The van der Waals surface area contributed by atoms with Crippen LogP contribution in [0.1, 0.15) is 21.5 Å². The summed E-state index contributed by atoms with van der Waals surface area (Å²) in [4.78, 5) is 26.2. The number of hydrogen-bond donors (Lipinski definition) is 2. The lowest BCUT2D eigenvalue weighted by Crippen LogP contribution is -2.16. The van der Waals surface area contributed by atoms with Gasteiger partial charge in [-0.15, -0.1) is 0 Å². The van der Waals surface area contributed by atoms with Crippen LogP contribution in [0.15, 0.2) is 60.7 Å². The lowest BCUT2D eigenvalue weighted by Gasteiger charge is -2.10. The van der Waals surface area contributed by atoms with Crippen LogP contribution in [0.3, 0.4) is 0 Å². The van der Waals surface area contributed by atoms with Crippen molar-refractivity contribution in [2.75, 3.05) is 12.4 Å². The molecule has 0 saturated carbocycles. The fourth-order valence-corrected chi connectivity index (χ4v) is 4.30. The standard InChI is InChI=1S/C25H17Cl2N3O3/c1-33-15-8-6-14(7-9-15)23-22-24(30-29-23)16-3-2-4-19(21(16)25(22)32)28-20(31)12-13-5-10-17(26)18(27)11-13/h2-11H,12H2,1H3,(H,28,31)(H,29,30). The Balaban J connectivity index is 1.44. The summed E-state index contributed by atoms with van der Waals surface area (Å²) in [7, 11) is 1.60. The van der Waals surface area contributed by atoms with Crippen LogP contribution in [0.25, 0.3) is 22.5 Å². The maximum Gasteiger partial charge on any atom is 0.228 e. The van der Waals surface area contributed by atoms with Crippen LogP contribution in [0.5, 0.6) is 5.75 Å². The van der Waals surface area contributed by atoms with Crippen molar-refractivity contribution in [2.24, 2.45) is 0 Å². The van der Waals surface area contributed by atoms with Gasteiger partial charge in [0.05, 0.1) is 46.1 Å². The summed E-state index contributed by atoms with van der Waals surface area (Å²) in [5.41, 5.74) is 4.79. The van der Waals surface area contributed by atoms with Gasteiger partial charge in [-0.3, -0.25) is 14.7 Å². The first kappa shape index (κ1) is 21.2. The van der Waals surface area contributed by atoms with E-state index in [0.717, 1.165) is 11.1 Å². The van der Waals surface area contributed by atoms with E-state index in [-0.39, 0.29) is 18.1 Å². The van der Waals surface area contributed by atoms with Gasteiger partial charge in [-0.05, 0) is 48.0 Å². The maximum atomic E-state index is 13.4. The van der Waals surface area contributed by atoms with Gasteiger partial charge in [0.25, 0.3) is 0 Å². The number of aromatic nitrogens is 2. The SMILES string of the molecule is COc1ccc(-c2n[nH]c3c2C(=O)c2c(NC(=O)Cc4ccc(Cl)c(Cl)c4)cccc2-3)cc1. The first-order valence-corrected chi connectivity index (χ1v) is 10.9. The minimum Gasteiger partial charge on any atom is -0.497 e. The van der Waals surface area contributed by atoms with Crippen molar-refractivity contribution in [3.05, 3.63) is 87.4 Å². The number of carbonyl (C=O) groups excluding carboxylic acids is 2. The second-order valence-electron chi connectivity index (χ2n) is 7.58. The first-order chi connectivity index (χ1) is 16.0. The number of methoxy groups -OCH3 is 1. The zero-order chi connectivity index (χ0) is 23.1. The summed E-state index contributed by atoms with van der Waals surface area (Å²) in [6.45, 7) is 0. The molecule has 0 bridgehead atoms. The number of ketones is 1. The molecule has 1 heterocycles. The molecule has 0 atom stereocenters. The van der Waals surface area contributed by atoms with Crippen molar-refractivity contribution in [3.63, 3.8) is 0 Å². The Kier molecular flexibility index (Phi) is 5.40. The number of aromatic amines is 1. The summed E-state index contributed by atoms with van der Waals surface area (Å²) in [5, 5.41) is 11.0. The third-order valence-corrected chi connectivity index (χ3v) is 6.28. The van der Waals surface area contributed by atoms with Crippen molar-refractivity contribution in [1.29, 1.82) is 0 Å². The predicted octanol–water partition coefficient (Wildman–Crippen LogP) is 5.78. The van der Waals surface area contributed by atoms with E-state index in [2.05, 4.69) is 15.5 Å². The number of anilines is 1. The molecule has 1 amide bonds. The quantitative estimate of drug-likeness (QED) is 0.335. The molecule has 1 aromatic heterocycles. The Labute approximate surface area is 199 Å². The van der Waals surface area contributed by atoms with Crippen LogP contribution in [-0.4, -0.2) is 29.0 Å². The molecule has 4 aromatic rings. The highest BCUT2D eigenvalue weighted by molar-refractivity contribution is 6.42. The highest BCUT2D eigenvalue weighted by Gasteiger charge is 2.35. The molecule has 0 unspecified atom stereocenters. The Morgan fingerprint density at radius 1 is 1.03 bits per heavy atom. The molecule has 33 heavy (non-hydrogen) atoms. The monoisotopic (exact) mass is 477 g/mol. The second-order valence-corrected chi connectivity index (χ2v) is 8.40. The van der Waals surface area contributed by atoms with Gasteiger partial charge in [0.1, 0.15) is 11.4 Å². The maximum absolute atomic E-state index is 13.4. The topological polar surface area (TPSA) is 84.1 Å². The molecular formula is C25H17Cl2N3O3. The minimum absolute atomic E-state index is 0.0959. The number of H-pyrrole nitrogens is 1. The Morgan fingerprint density at radius 3 is 2.55 bits per heavy atom. The number of amides is 1. The Bertz CT molecular complexity index is 1410. The Hall–Kier alpha value is -3.61. The molecule has 1 aliphatic carbocycles. The zero-order valence-corrected chi connectivity index (χ0v) is 18.9. The lowest BCUT2D eigenvalue weighted by molar-refractivity contribution is -0.115. The number of nitrogens with zero attached hydrogens (tertiary/aromatic N) is 1. The average Bonchev–Trinajstić information content (AvgIpc) is 3.37. The van der Waals surface area contributed by atoms with E-state index in [4.69, 9.17) is 27.9 Å². The molecule has 5 rings (SSSR count). The lowest BCUT2D eigenvalue weighted by atomic mass is 10.0. The molecular weight excluding hydrogens is 461 g/mol. The molecule has 0 fully saturated rings. The van der Waals surface area contributed by atoms with Gasteiger partial charge >= 0.3 is 0 Å². The molecule has 0 aliphatic heterocycles. The largest absolute Gasteiger partial charge is 0.497 e. The van der Waals surface area contributed by atoms with Crippen LogP contribution in [-0.2, 0) is 11.2 Å². The molecule has 3 aromatic carbocycles. The number of halogens is 2. The van der Waals surface area contributed by atoms with Gasteiger partial charge < -0.3 is 10.1 Å². The highest BCUT2D eigenvalue weighted by atomic mass is 35.5. The van der Waals surface area contributed by atoms with Gasteiger partial charge in [0.15, 0.2) is 5.78 Å². The normalized spacial score (nSPS) is 11.8. The molecule has 6 nitrogen and oxygen atoms in total. The molecule has 1 aliphatic rings. The van der Waals surface area contributed by atoms with Crippen LogP contribution in [0.4, 0.5) is 5.69 Å². The summed E-state index contributed by atoms with van der Waals surface area (Å²) in [5.74, 6) is 0.260. The number of hydrogen-bond acceptors (Lipinski definition) is 4. The Morgan fingerprint density at radius 2 is 1.82 bits per heavy atom. The van der Waals surface area contributed by atoms with Crippen LogP contribution < -0.4 is 10.1 Å². The van der Waals surface area contributed by atoms with E-state index in [1.807, 2.05) is 30.3 Å². The number of carbonyl (C=O) groups is 2. The van der Waals surface area contributed by atoms with Gasteiger partial charge in [-0.2, -0.15) is 5.10 Å². The van der Waals surface area contributed by atoms with Gasteiger partial charge in [0.2, 0.25) is 5.91 Å². The smallest absolute Gasteiger partial charge is 0.228 e.